The minimum atomic E-state index is -0.297. The van der Waals surface area contributed by atoms with Gasteiger partial charge in [-0.3, -0.25) is 14.6 Å². The number of carbonyl (C=O) groups is 2. The minimum Gasteiger partial charge on any atom is -0.455 e. The standard InChI is InChI=1S/C19H22N4O3/c1-3-9-21-19(25)17-12(2)16-14(5-4-6-15(16)26-17)22-23-18(24)13-7-10-20-11-8-13/h7-8,10-11H,3-6,9H2,1-2H3,(H,21,25)(H,23,24)/b22-14+. The van der Waals surface area contributed by atoms with Gasteiger partial charge in [-0.05, 0) is 38.3 Å². The van der Waals surface area contributed by atoms with Crippen LogP contribution in [0.5, 0.6) is 0 Å². The van der Waals surface area contributed by atoms with Crippen LogP contribution in [0.2, 0.25) is 0 Å². The second-order valence-electron chi connectivity index (χ2n) is 6.20. The van der Waals surface area contributed by atoms with Crippen molar-refractivity contribution in [2.45, 2.75) is 39.5 Å². The molecule has 2 amide bonds. The molecule has 0 spiro atoms. The van der Waals surface area contributed by atoms with Crippen molar-refractivity contribution in [3.8, 4) is 0 Å². The second kappa shape index (κ2) is 7.95. The summed E-state index contributed by atoms with van der Waals surface area (Å²) >= 11 is 0. The SMILES string of the molecule is CCCNC(=O)c1oc2c(c1C)/C(=N/NC(=O)c1ccncc1)CCC2. The molecule has 2 aromatic heterocycles. The molecule has 136 valence electrons. The van der Waals surface area contributed by atoms with Crippen LogP contribution in [-0.2, 0) is 6.42 Å². The van der Waals surface area contributed by atoms with Gasteiger partial charge in [0.2, 0.25) is 0 Å². The first kappa shape index (κ1) is 17.8. The number of fused-ring (bicyclic) bond motifs is 1. The molecule has 2 heterocycles. The summed E-state index contributed by atoms with van der Waals surface area (Å²) in [5.41, 5.74) is 5.43. The lowest BCUT2D eigenvalue weighted by atomic mass is 9.93. The molecule has 1 aliphatic rings. The van der Waals surface area contributed by atoms with Gasteiger partial charge in [0.05, 0.1) is 5.71 Å². The number of rotatable bonds is 5. The lowest BCUT2D eigenvalue weighted by molar-refractivity contribution is 0.0921. The van der Waals surface area contributed by atoms with Gasteiger partial charge in [0, 0.05) is 42.0 Å². The highest BCUT2D eigenvalue weighted by Crippen LogP contribution is 2.29. The number of hydrazone groups is 1. The van der Waals surface area contributed by atoms with E-state index in [2.05, 4.69) is 20.8 Å². The average Bonchev–Trinajstić information content (AvgIpc) is 3.02. The molecule has 0 atom stereocenters. The van der Waals surface area contributed by atoms with E-state index in [-0.39, 0.29) is 11.8 Å². The highest BCUT2D eigenvalue weighted by atomic mass is 16.4. The Morgan fingerprint density at radius 1 is 1.23 bits per heavy atom. The van der Waals surface area contributed by atoms with Crippen molar-refractivity contribution in [3.05, 3.63) is 52.7 Å². The Hall–Kier alpha value is -2.96. The molecule has 0 bridgehead atoms. The lowest BCUT2D eigenvalue weighted by Gasteiger charge is -2.13. The highest BCUT2D eigenvalue weighted by molar-refractivity contribution is 6.07. The smallest absolute Gasteiger partial charge is 0.287 e. The lowest BCUT2D eigenvalue weighted by Crippen LogP contribution is -2.24. The maximum Gasteiger partial charge on any atom is 0.287 e. The van der Waals surface area contributed by atoms with E-state index in [4.69, 9.17) is 4.42 Å². The van der Waals surface area contributed by atoms with Gasteiger partial charge in [-0.25, -0.2) is 5.43 Å². The molecule has 1 aliphatic carbocycles. The van der Waals surface area contributed by atoms with Crippen molar-refractivity contribution >= 4 is 17.5 Å². The molecule has 7 heteroatoms. The van der Waals surface area contributed by atoms with Crippen LogP contribution in [-0.4, -0.2) is 29.1 Å². The molecule has 2 aromatic rings. The maximum absolute atomic E-state index is 12.3. The molecule has 0 saturated carbocycles. The number of carbonyl (C=O) groups excluding carboxylic acids is 2. The first-order valence-corrected chi connectivity index (χ1v) is 8.79. The topological polar surface area (TPSA) is 96.6 Å². The second-order valence-corrected chi connectivity index (χ2v) is 6.20. The predicted molar refractivity (Wildman–Crippen MR) is 97.2 cm³/mol. The molecule has 3 rings (SSSR count). The van der Waals surface area contributed by atoms with Gasteiger partial charge < -0.3 is 9.73 Å². The molecule has 7 nitrogen and oxygen atoms in total. The number of hydrogen-bond donors (Lipinski definition) is 2. The van der Waals surface area contributed by atoms with Crippen LogP contribution in [0.1, 0.15) is 64.0 Å². The summed E-state index contributed by atoms with van der Waals surface area (Å²) in [4.78, 5) is 28.4. The fourth-order valence-corrected chi connectivity index (χ4v) is 3.00. The molecular weight excluding hydrogens is 332 g/mol. The highest BCUT2D eigenvalue weighted by Gasteiger charge is 2.27. The van der Waals surface area contributed by atoms with Crippen molar-refractivity contribution in [2.24, 2.45) is 5.10 Å². The zero-order chi connectivity index (χ0) is 18.5. The van der Waals surface area contributed by atoms with Crippen LogP contribution in [0.15, 0.2) is 34.0 Å². The summed E-state index contributed by atoms with van der Waals surface area (Å²) in [7, 11) is 0. The number of nitrogens with one attached hydrogen (secondary N) is 2. The molecule has 26 heavy (non-hydrogen) atoms. The number of furan rings is 1. The van der Waals surface area contributed by atoms with E-state index in [9.17, 15) is 9.59 Å². The van der Waals surface area contributed by atoms with Gasteiger partial charge in [-0.1, -0.05) is 6.92 Å². The van der Waals surface area contributed by atoms with Crippen LogP contribution in [0, 0.1) is 6.92 Å². The van der Waals surface area contributed by atoms with Crippen LogP contribution in [0.4, 0.5) is 0 Å². The number of hydrogen-bond acceptors (Lipinski definition) is 5. The monoisotopic (exact) mass is 354 g/mol. The molecule has 0 unspecified atom stereocenters. The van der Waals surface area contributed by atoms with E-state index in [1.807, 2.05) is 13.8 Å². The Bertz CT molecular complexity index is 840. The number of aryl methyl sites for hydroxylation is 1. The number of aromatic nitrogens is 1. The number of nitrogens with zero attached hydrogens (tertiary/aromatic N) is 2. The molecule has 0 aromatic carbocycles. The summed E-state index contributed by atoms with van der Waals surface area (Å²) in [5.74, 6) is 0.582. The number of amides is 2. The third-order valence-electron chi connectivity index (χ3n) is 4.30. The van der Waals surface area contributed by atoms with Crippen LogP contribution in [0.3, 0.4) is 0 Å². The normalized spacial score (nSPS) is 14.8. The molecule has 0 aliphatic heterocycles. The maximum atomic E-state index is 12.3. The fraction of sp³-hybridized carbons (Fsp3) is 0.368. The Morgan fingerprint density at radius 3 is 2.73 bits per heavy atom. The van der Waals surface area contributed by atoms with Crippen molar-refractivity contribution in [1.29, 1.82) is 0 Å². The van der Waals surface area contributed by atoms with Crippen molar-refractivity contribution in [2.75, 3.05) is 6.54 Å². The van der Waals surface area contributed by atoms with Gasteiger partial charge in [0.1, 0.15) is 5.76 Å². The van der Waals surface area contributed by atoms with Gasteiger partial charge in [0.15, 0.2) is 5.76 Å². The summed E-state index contributed by atoms with van der Waals surface area (Å²) in [6.45, 7) is 4.46. The van der Waals surface area contributed by atoms with Crippen molar-refractivity contribution < 1.29 is 14.0 Å². The predicted octanol–water partition coefficient (Wildman–Crippen LogP) is 2.59. The summed E-state index contributed by atoms with van der Waals surface area (Å²) in [6, 6.07) is 3.25. The quantitative estimate of drug-likeness (QED) is 0.807. The van der Waals surface area contributed by atoms with Crippen LogP contribution < -0.4 is 10.7 Å². The summed E-state index contributed by atoms with van der Waals surface area (Å²) < 4.78 is 5.80. The van der Waals surface area contributed by atoms with E-state index in [1.165, 1.54) is 0 Å². The number of pyridine rings is 1. The third-order valence-corrected chi connectivity index (χ3v) is 4.30. The molecule has 0 radical (unpaired) electrons. The van der Waals surface area contributed by atoms with Crippen LogP contribution >= 0.6 is 0 Å². The van der Waals surface area contributed by atoms with Crippen molar-refractivity contribution in [1.82, 2.24) is 15.7 Å². The van der Waals surface area contributed by atoms with E-state index < -0.39 is 0 Å². The van der Waals surface area contributed by atoms with Gasteiger partial charge >= 0.3 is 0 Å². The summed E-state index contributed by atoms with van der Waals surface area (Å²) in [6.07, 6.45) is 6.32. The molecule has 0 saturated heterocycles. The summed E-state index contributed by atoms with van der Waals surface area (Å²) in [5, 5.41) is 7.14. The minimum absolute atomic E-state index is 0.209. The molecular formula is C19H22N4O3. The largest absolute Gasteiger partial charge is 0.455 e. The Morgan fingerprint density at radius 2 is 2.00 bits per heavy atom. The zero-order valence-corrected chi connectivity index (χ0v) is 15.0. The van der Waals surface area contributed by atoms with Gasteiger partial charge in [-0.2, -0.15) is 5.10 Å². The Balaban J connectivity index is 1.83. The third kappa shape index (κ3) is 3.66. The fourth-order valence-electron chi connectivity index (χ4n) is 3.00. The first-order valence-electron chi connectivity index (χ1n) is 8.79. The van der Waals surface area contributed by atoms with Crippen LogP contribution in [0.25, 0.3) is 0 Å². The zero-order valence-electron chi connectivity index (χ0n) is 15.0. The van der Waals surface area contributed by atoms with Crippen molar-refractivity contribution in [3.63, 3.8) is 0 Å². The van der Waals surface area contributed by atoms with E-state index in [1.54, 1.807) is 24.5 Å². The van der Waals surface area contributed by atoms with Gasteiger partial charge in [-0.15, -0.1) is 0 Å². The van der Waals surface area contributed by atoms with E-state index in [0.29, 0.717) is 17.9 Å². The Labute approximate surface area is 151 Å². The van der Waals surface area contributed by atoms with E-state index >= 15 is 0 Å². The average molecular weight is 354 g/mol. The first-order chi connectivity index (χ1) is 12.6. The van der Waals surface area contributed by atoms with E-state index in [0.717, 1.165) is 48.3 Å². The van der Waals surface area contributed by atoms with Gasteiger partial charge in [0.25, 0.3) is 11.8 Å². The molecule has 2 N–H and O–H groups in total. The Kier molecular flexibility index (Phi) is 5.46. The molecule has 0 fully saturated rings.